The minimum Gasteiger partial charge on any atom is -0.338 e. The highest BCUT2D eigenvalue weighted by atomic mass is 16.2. The van der Waals surface area contributed by atoms with Gasteiger partial charge in [0, 0.05) is 18.5 Å². The lowest BCUT2D eigenvalue weighted by Crippen LogP contribution is -2.46. The predicted octanol–water partition coefficient (Wildman–Crippen LogP) is 3.31. The Morgan fingerprint density at radius 2 is 1.90 bits per heavy atom. The fourth-order valence-electron chi connectivity index (χ4n) is 3.16. The smallest absolute Gasteiger partial charge is 0.269 e. The minimum absolute atomic E-state index is 0.123. The third-order valence-electron chi connectivity index (χ3n) is 4.68. The van der Waals surface area contributed by atoms with Crippen LogP contribution in [0.4, 0.5) is 5.69 Å². The zero-order valence-electron chi connectivity index (χ0n) is 12.5. The van der Waals surface area contributed by atoms with Gasteiger partial charge in [0.2, 0.25) is 0 Å². The summed E-state index contributed by atoms with van der Waals surface area (Å²) in [5.41, 5.74) is 2.53. The number of aliphatic imine (C=N–C) groups is 1. The molecule has 1 saturated heterocycles. The van der Waals surface area contributed by atoms with Crippen molar-refractivity contribution in [2.75, 3.05) is 13.1 Å². The predicted molar refractivity (Wildman–Crippen MR) is 81.5 cm³/mol. The molecule has 0 bridgehead atoms. The zero-order chi connectivity index (χ0) is 14.3. The highest BCUT2D eigenvalue weighted by Crippen LogP contribution is 2.40. The highest BCUT2D eigenvalue weighted by molar-refractivity contribution is 6.43. The molecule has 1 fully saturated rings. The van der Waals surface area contributed by atoms with Crippen LogP contribution in [0.15, 0.2) is 29.3 Å². The maximum Gasteiger partial charge on any atom is 0.269 e. The first kappa shape index (κ1) is 13.3. The highest BCUT2D eigenvalue weighted by Gasteiger charge is 2.40. The van der Waals surface area contributed by atoms with Crippen LogP contribution >= 0.6 is 0 Å². The summed E-state index contributed by atoms with van der Waals surface area (Å²) in [7, 11) is 0. The summed E-state index contributed by atoms with van der Waals surface area (Å²) in [4.78, 5) is 19.4. The zero-order valence-corrected chi connectivity index (χ0v) is 12.5. The van der Waals surface area contributed by atoms with Crippen LogP contribution in [0.25, 0.3) is 0 Å². The van der Waals surface area contributed by atoms with Crippen molar-refractivity contribution in [3.63, 3.8) is 0 Å². The maximum atomic E-state index is 12.8. The van der Waals surface area contributed by atoms with E-state index in [9.17, 15) is 4.79 Å². The van der Waals surface area contributed by atoms with Crippen LogP contribution in [0, 0.1) is 5.92 Å². The van der Waals surface area contributed by atoms with Gasteiger partial charge in [-0.05, 0) is 44.2 Å². The normalized spacial score (nSPS) is 21.6. The Morgan fingerprint density at radius 1 is 1.25 bits per heavy atom. The van der Waals surface area contributed by atoms with E-state index in [0.29, 0.717) is 5.71 Å². The van der Waals surface area contributed by atoms with E-state index in [-0.39, 0.29) is 11.3 Å². The molecule has 0 N–H and O–H groups in total. The van der Waals surface area contributed by atoms with Gasteiger partial charge in [-0.1, -0.05) is 25.1 Å². The number of nitrogens with zero attached hydrogens (tertiary/aromatic N) is 2. The van der Waals surface area contributed by atoms with E-state index in [4.69, 9.17) is 0 Å². The number of rotatable bonds is 1. The molecule has 0 aliphatic carbocycles. The number of amides is 1. The molecular formula is C17H22N2O. The van der Waals surface area contributed by atoms with E-state index in [0.717, 1.165) is 43.1 Å². The molecule has 2 heterocycles. The van der Waals surface area contributed by atoms with E-state index in [1.54, 1.807) is 0 Å². The fourth-order valence-corrected chi connectivity index (χ4v) is 3.16. The van der Waals surface area contributed by atoms with Crippen LogP contribution < -0.4 is 0 Å². The second-order valence-electron chi connectivity index (χ2n) is 6.58. The molecule has 0 aromatic heterocycles. The van der Waals surface area contributed by atoms with E-state index >= 15 is 0 Å². The quantitative estimate of drug-likeness (QED) is 0.770. The monoisotopic (exact) mass is 270 g/mol. The number of carbonyl (C=O) groups is 1. The average Bonchev–Trinajstić information content (AvgIpc) is 2.71. The van der Waals surface area contributed by atoms with Gasteiger partial charge < -0.3 is 4.90 Å². The summed E-state index contributed by atoms with van der Waals surface area (Å²) >= 11 is 0. The van der Waals surface area contributed by atoms with Crippen molar-refractivity contribution >= 4 is 17.3 Å². The van der Waals surface area contributed by atoms with Gasteiger partial charge in [-0.2, -0.15) is 0 Å². The summed E-state index contributed by atoms with van der Waals surface area (Å²) in [6.07, 6.45) is 2.21. The Kier molecular flexibility index (Phi) is 3.15. The Balaban J connectivity index is 1.87. The first-order valence-corrected chi connectivity index (χ1v) is 7.48. The lowest BCUT2D eigenvalue weighted by Gasteiger charge is -2.32. The van der Waals surface area contributed by atoms with E-state index in [1.165, 1.54) is 0 Å². The Morgan fingerprint density at radius 3 is 2.55 bits per heavy atom. The Bertz CT molecular complexity index is 566. The molecule has 106 valence electrons. The lowest BCUT2D eigenvalue weighted by atomic mass is 9.81. The van der Waals surface area contributed by atoms with E-state index < -0.39 is 0 Å². The molecule has 0 saturated carbocycles. The summed E-state index contributed by atoms with van der Waals surface area (Å²) in [5, 5.41) is 0. The van der Waals surface area contributed by atoms with Gasteiger partial charge in [0.05, 0.1) is 5.69 Å². The average molecular weight is 270 g/mol. The Hall–Kier alpha value is -1.64. The largest absolute Gasteiger partial charge is 0.338 e. The van der Waals surface area contributed by atoms with Crippen molar-refractivity contribution in [3.05, 3.63) is 29.8 Å². The van der Waals surface area contributed by atoms with Gasteiger partial charge >= 0.3 is 0 Å². The third kappa shape index (κ3) is 2.05. The molecular weight excluding hydrogens is 248 g/mol. The van der Waals surface area contributed by atoms with Crippen molar-refractivity contribution in [2.24, 2.45) is 10.9 Å². The number of para-hydroxylation sites is 1. The van der Waals surface area contributed by atoms with Crippen LogP contribution in [-0.2, 0) is 10.2 Å². The molecule has 1 aromatic rings. The van der Waals surface area contributed by atoms with Crippen molar-refractivity contribution in [3.8, 4) is 0 Å². The van der Waals surface area contributed by atoms with Gasteiger partial charge in [-0.3, -0.25) is 4.79 Å². The van der Waals surface area contributed by atoms with Crippen LogP contribution in [0.3, 0.4) is 0 Å². The number of carbonyl (C=O) groups excluding carboxylic acids is 1. The van der Waals surface area contributed by atoms with Crippen molar-refractivity contribution < 1.29 is 4.79 Å². The molecule has 0 spiro atoms. The van der Waals surface area contributed by atoms with Gasteiger partial charge in [-0.25, -0.2) is 4.99 Å². The van der Waals surface area contributed by atoms with Crippen LogP contribution in [0.1, 0.15) is 39.2 Å². The second-order valence-corrected chi connectivity index (χ2v) is 6.58. The number of likely N-dealkylation sites (tertiary alicyclic amines) is 1. The standard InChI is InChI=1S/C17H22N2O/c1-12-8-10-19(11-9-12)16(20)15-17(2,3)13-6-4-5-7-14(13)18-15/h4-7,12H,8-11H2,1-3H3. The summed E-state index contributed by atoms with van der Waals surface area (Å²) in [6.45, 7) is 8.19. The molecule has 2 aliphatic rings. The summed E-state index contributed by atoms with van der Waals surface area (Å²) in [5.74, 6) is 0.855. The maximum absolute atomic E-state index is 12.8. The first-order chi connectivity index (χ1) is 9.50. The molecule has 0 radical (unpaired) electrons. The molecule has 3 heteroatoms. The molecule has 0 atom stereocenters. The number of benzene rings is 1. The van der Waals surface area contributed by atoms with Crippen molar-refractivity contribution in [2.45, 2.75) is 39.0 Å². The molecule has 1 aromatic carbocycles. The first-order valence-electron chi connectivity index (χ1n) is 7.48. The molecule has 3 rings (SSSR count). The SMILES string of the molecule is CC1CCN(C(=O)C2=Nc3ccccc3C2(C)C)CC1. The topological polar surface area (TPSA) is 32.7 Å². The van der Waals surface area contributed by atoms with Gasteiger partial charge in [0.25, 0.3) is 5.91 Å². The number of fused-ring (bicyclic) bond motifs is 1. The number of hydrogen-bond donors (Lipinski definition) is 0. The molecule has 0 unspecified atom stereocenters. The lowest BCUT2D eigenvalue weighted by molar-refractivity contribution is -0.125. The van der Waals surface area contributed by atoms with Gasteiger partial charge in [0.15, 0.2) is 0 Å². The molecule has 3 nitrogen and oxygen atoms in total. The Labute approximate surface area is 120 Å². The molecule has 2 aliphatic heterocycles. The molecule has 20 heavy (non-hydrogen) atoms. The van der Waals surface area contributed by atoms with Crippen molar-refractivity contribution in [1.29, 1.82) is 0 Å². The summed E-state index contributed by atoms with van der Waals surface area (Å²) < 4.78 is 0. The van der Waals surface area contributed by atoms with Crippen LogP contribution in [-0.4, -0.2) is 29.6 Å². The second kappa shape index (κ2) is 4.72. The summed E-state index contributed by atoms with van der Waals surface area (Å²) in [6, 6.07) is 8.08. The minimum atomic E-state index is -0.281. The van der Waals surface area contributed by atoms with Crippen LogP contribution in [0.2, 0.25) is 0 Å². The molecule has 1 amide bonds. The van der Waals surface area contributed by atoms with Gasteiger partial charge in [-0.15, -0.1) is 0 Å². The third-order valence-corrected chi connectivity index (χ3v) is 4.68. The number of piperidine rings is 1. The van der Waals surface area contributed by atoms with Crippen LogP contribution in [0.5, 0.6) is 0 Å². The van der Waals surface area contributed by atoms with E-state index in [1.807, 2.05) is 23.1 Å². The van der Waals surface area contributed by atoms with E-state index in [2.05, 4.69) is 31.8 Å². The van der Waals surface area contributed by atoms with Crippen molar-refractivity contribution in [1.82, 2.24) is 4.90 Å². The van der Waals surface area contributed by atoms with Gasteiger partial charge in [0.1, 0.15) is 5.71 Å². The number of hydrogen-bond acceptors (Lipinski definition) is 2. The fraction of sp³-hybridized carbons (Fsp3) is 0.529.